The van der Waals surface area contributed by atoms with E-state index in [1.807, 2.05) is 6.92 Å². The highest BCUT2D eigenvalue weighted by atomic mass is 16.3. The SMILES string of the molecule is CC12CC[C@@](C)(O)CC1CCC1C2CCC2(C)C(C(=O)CN(N)/C=N\N)CCC12. The van der Waals surface area contributed by atoms with E-state index in [1.54, 1.807) is 0 Å². The highest BCUT2D eigenvalue weighted by Gasteiger charge is 2.61. The second-order valence-corrected chi connectivity index (χ2v) is 11.4. The number of hydrazine groups is 1. The van der Waals surface area contributed by atoms with Crippen LogP contribution < -0.4 is 11.7 Å². The van der Waals surface area contributed by atoms with Gasteiger partial charge in [0.1, 0.15) is 6.34 Å². The number of Topliss-reactive ketones (excluding diaryl/α,β-unsaturated/α-hetero) is 1. The van der Waals surface area contributed by atoms with E-state index in [4.69, 9.17) is 11.7 Å². The molecule has 4 aliphatic carbocycles. The molecule has 0 saturated heterocycles. The topological polar surface area (TPSA) is 105 Å². The van der Waals surface area contributed by atoms with Crippen LogP contribution in [0.2, 0.25) is 0 Å². The van der Waals surface area contributed by atoms with Gasteiger partial charge >= 0.3 is 0 Å². The average Bonchev–Trinajstić information content (AvgIpc) is 2.99. The molecule has 0 spiro atoms. The Labute approximate surface area is 175 Å². The second kappa shape index (κ2) is 7.23. The maximum absolute atomic E-state index is 13.1. The fraction of sp³-hybridized carbons (Fsp3) is 0.913. The lowest BCUT2D eigenvalue weighted by Crippen LogP contribution is -2.56. The number of nitrogens with two attached hydrogens (primary N) is 2. The third-order valence-electron chi connectivity index (χ3n) is 9.90. The summed E-state index contributed by atoms with van der Waals surface area (Å²) in [6.45, 7) is 7.11. The number of hydrogen-bond acceptors (Lipinski definition) is 5. The number of carbonyl (C=O) groups excluding carboxylic acids is 1. The van der Waals surface area contributed by atoms with E-state index in [9.17, 15) is 9.90 Å². The molecule has 5 N–H and O–H groups in total. The van der Waals surface area contributed by atoms with Crippen molar-refractivity contribution in [2.24, 2.45) is 57.2 Å². The number of ketones is 1. The van der Waals surface area contributed by atoms with Gasteiger partial charge in [-0.1, -0.05) is 13.8 Å². The molecule has 0 aromatic rings. The van der Waals surface area contributed by atoms with Crippen molar-refractivity contribution >= 4 is 12.1 Å². The predicted octanol–water partition coefficient (Wildman–Crippen LogP) is 3.04. The molecular weight excluding hydrogens is 364 g/mol. The van der Waals surface area contributed by atoms with E-state index in [-0.39, 0.29) is 23.7 Å². The number of fused-ring (bicyclic) bond motifs is 5. The van der Waals surface area contributed by atoms with Crippen LogP contribution >= 0.6 is 0 Å². The number of hydrogen-bond donors (Lipinski definition) is 3. The molecule has 7 unspecified atom stereocenters. The van der Waals surface area contributed by atoms with Gasteiger partial charge in [-0.2, -0.15) is 5.10 Å². The molecule has 0 radical (unpaired) electrons. The first-order chi connectivity index (χ1) is 13.6. The summed E-state index contributed by atoms with van der Waals surface area (Å²) in [4.78, 5) is 13.1. The van der Waals surface area contributed by atoms with E-state index in [0.29, 0.717) is 17.3 Å². The van der Waals surface area contributed by atoms with Crippen molar-refractivity contribution in [1.82, 2.24) is 5.01 Å². The van der Waals surface area contributed by atoms with Crippen molar-refractivity contribution in [2.45, 2.75) is 84.2 Å². The van der Waals surface area contributed by atoms with E-state index in [1.165, 1.54) is 37.0 Å². The summed E-state index contributed by atoms with van der Waals surface area (Å²) >= 11 is 0. The van der Waals surface area contributed by atoms with Gasteiger partial charge in [-0.25, -0.2) is 5.84 Å². The Kier molecular flexibility index (Phi) is 5.26. The number of aliphatic hydroxyl groups is 1. The lowest BCUT2D eigenvalue weighted by atomic mass is 9.44. The van der Waals surface area contributed by atoms with E-state index >= 15 is 0 Å². The number of hydrazone groups is 1. The Morgan fingerprint density at radius 2 is 1.79 bits per heavy atom. The highest BCUT2D eigenvalue weighted by Crippen LogP contribution is 2.68. The average molecular weight is 405 g/mol. The smallest absolute Gasteiger partial charge is 0.157 e. The molecular formula is C23H40N4O2. The molecule has 29 heavy (non-hydrogen) atoms. The van der Waals surface area contributed by atoms with E-state index in [2.05, 4.69) is 18.9 Å². The Morgan fingerprint density at radius 3 is 2.52 bits per heavy atom. The van der Waals surface area contributed by atoms with Gasteiger partial charge in [0.2, 0.25) is 0 Å². The van der Waals surface area contributed by atoms with Gasteiger partial charge in [-0.05, 0) is 99.2 Å². The molecule has 8 atom stereocenters. The van der Waals surface area contributed by atoms with Crippen molar-refractivity contribution < 1.29 is 9.90 Å². The molecule has 0 bridgehead atoms. The monoisotopic (exact) mass is 404 g/mol. The standard InChI is InChI=1S/C23H40N4O2/c1-21(29)10-11-22(2)15(12-21)4-5-16-17-6-7-19(20(28)13-27(25)14-26-24)23(17,3)9-8-18(16)22/h14-19,29H,4-13,24-25H2,1-3H3/b26-14-/t15?,16?,17?,18?,19?,21-,22?,23?/m1/s1. The second-order valence-electron chi connectivity index (χ2n) is 11.4. The molecule has 4 saturated carbocycles. The minimum absolute atomic E-state index is 0.0995. The van der Waals surface area contributed by atoms with Crippen LogP contribution in [-0.4, -0.2) is 34.4 Å². The first kappa shape index (κ1) is 21.1. The van der Waals surface area contributed by atoms with Crippen molar-refractivity contribution in [1.29, 1.82) is 0 Å². The summed E-state index contributed by atoms with van der Waals surface area (Å²) in [6.07, 6.45) is 11.4. The first-order valence-electron chi connectivity index (χ1n) is 11.6. The zero-order valence-electron chi connectivity index (χ0n) is 18.4. The highest BCUT2D eigenvalue weighted by molar-refractivity contribution is 5.85. The molecule has 0 aliphatic heterocycles. The van der Waals surface area contributed by atoms with Gasteiger partial charge in [0.25, 0.3) is 0 Å². The summed E-state index contributed by atoms with van der Waals surface area (Å²) in [5.74, 6) is 14.1. The molecule has 4 aliphatic rings. The molecule has 6 nitrogen and oxygen atoms in total. The lowest BCUT2D eigenvalue weighted by molar-refractivity contribution is -0.150. The Bertz CT molecular complexity index is 680. The van der Waals surface area contributed by atoms with Crippen molar-refractivity contribution in [2.75, 3.05) is 6.54 Å². The first-order valence-corrected chi connectivity index (χ1v) is 11.6. The van der Waals surface area contributed by atoms with Gasteiger partial charge < -0.3 is 10.9 Å². The maximum Gasteiger partial charge on any atom is 0.157 e. The summed E-state index contributed by atoms with van der Waals surface area (Å²) < 4.78 is 0. The van der Waals surface area contributed by atoms with Gasteiger partial charge in [-0.15, -0.1) is 0 Å². The summed E-state index contributed by atoms with van der Waals surface area (Å²) in [5.41, 5.74) is -0.0193. The fourth-order valence-electron chi connectivity index (χ4n) is 8.38. The van der Waals surface area contributed by atoms with Crippen LogP contribution in [0.1, 0.15) is 78.6 Å². The van der Waals surface area contributed by atoms with Crippen molar-refractivity contribution in [3.63, 3.8) is 0 Å². The van der Waals surface area contributed by atoms with Crippen LogP contribution in [0.3, 0.4) is 0 Å². The molecule has 4 fully saturated rings. The number of carbonyl (C=O) groups is 1. The van der Waals surface area contributed by atoms with Gasteiger partial charge in [0, 0.05) is 5.92 Å². The molecule has 4 rings (SSSR count). The van der Waals surface area contributed by atoms with E-state index < -0.39 is 5.60 Å². The summed E-state index contributed by atoms with van der Waals surface area (Å²) in [5, 5.41) is 15.4. The molecule has 0 amide bonds. The van der Waals surface area contributed by atoms with Gasteiger partial charge in [0.05, 0.1) is 12.1 Å². The van der Waals surface area contributed by atoms with Gasteiger partial charge in [0.15, 0.2) is 5.78 Å². The predicted molar refractivity (Wildman–Crippen MR) is 114 cm³/mol. The van der Waals surface area contributed by atoms with Crippen LogP contribution in [-0.2, 0) is 4.79 Å². The fourth-order valence-corrected chi connectivity index (χ4v) is 8.38. The minimum Gasteiger partial charge on any atom is -0.390 e. The molecule has 6 heteroatoms. The third kappa shape index (κ3) is 3.40. The number of nitrogens with zero attached hydrogens (tertiary/aromatic N) is 2. The molecule has 0 aromatic heterocycles. The van der Waals surface area contributed by atoms with Gasteiger partial charge in [-0.3, -0.25) is 9.80 Å². The lowest BCUT2D eigenvalue weighted by Gasteiger charge is -2.61. The number of rotatable bonds is 4. The van der Waals surface area contributed by atoms with Crippen LogP contribution in [0.25, 0.3) is 0 Å². The Morgan fingerprint density at radius 1 is 1.07 bits per heavy atom. The zero-order valence-corrected chi connectivity index (χ0v) is 18.4. The van der Waals surface area contributed by atoms with Crippen LogP contribution in [0, 0.1) is 40.4 Å². The minimum atomic E-state index is -0.480. The molecule has 0 aromatic carbocycles. The Balaban J connectivity index is 1.51. The summed E-state index contributed by atoms with van der Waals surface area (Å²) in [6, 6.07) is 0. The normalized spacial score (nSPS) is 49.3. The van der Waals surface area contributed by atoms with Crippen LogP contribution in [0.5, 0.6) is 0 Å². The largest absolute Gasteiger partial charge is 0.390 e. The van der Waals surface area contributed by atoms with Crippen molar-refractivity contribution in [3.05, 3.63) is 0 Å². The van der Waals surface area contributed by atoms with Crippen molar-refractivity contribution in [3.8, 4) is 0 Å². The molecule has 0 heterocycles. The zero-order chi connectivity index (χ0) is 21.0. The van der Waals surface area contributed by atoms with E-state index in [0.717, 1.165) is 43.9 Å². The van der Waals surface area contributed by atoms with Crippen LogP contribution in [0.15, 0.2) is 5.10 Å². The third-order valence-corrected chi connectivity index (χ3v) is 9.90. The van der Waals surface area contributed by atoms with Crippen LogP contribution in [0.4, 0.5) is 0 Å². The summed E-state index contributed by atoms with van der Waals surface area (Å²) in [7, 11) is 0. The quantitative estimate of drug-likeness (QED) is 0.289. The maximum atomic E-state index is 13.1. The molecule has 164 valence electrons. The Hall–Kier alpha value is -1.14.